The quantitative estimate of drug-likeness (QED) is 0.771. The lowest BCUT2D eigenvalue weighted by atomic mass is 9.93. The third-order valence-corrected chi connectivity index (χ3v) is 4.44. The molecule has 0 radical (unpaired) electrons. The molecule has 0 aromatic carbocycles. The van der Waals surface area contributed by atoms with E-state index in [1.807, 2.05) is 18.3 Å². The van der Waals surface area contributed by atoms with Gasteiger partial charge >= 0.3 is 0 Å². The van der Waals surface area contributed by atoms with Gasteiger partial charge in [0.15, 0.2) is 0 Å². The first-order valence-corrected chi connectivity index (χ1v) is 8.73. The van der Waals surface area contributed by atoms with E-state index >= 15 is 0 Å². The van der Waals surface area contributed by atoms with Crippen molar-refractivity contribution in [2.24, 2.45) is 9.98 Å². The third kappa shape index (κ3) is 3.49. The Balaban J connectivity index is 1.95. The SMILES string of the molecule is O=C1NS(=O)(=O)C\C=C/N=C/C=N\C=C/n2cccc2C2=CC=C12. The summed E-state index contributed by atoms with van der Waals surface area (Å²) in [5, 5.41) is 0. The van der Waals surface area contributed by atoms with Crippen molar-refractivity contribution in [1.29, 1.82) is 0 Å². The summed E-state index contributed by atoms with van der Waals surface area (Å²) in [5.74, 6) is -0.984. The molecule has 1 aliphatic carbocycles. The zero-order valence-electron chi connectivity index (χ0n) is 12.5. The van der Waals surface area contributed by atoms with Crippen LogP contribution in [-0.2, 0) is 14.8 Å². The Kier molecular flexibility index (Phi) is 4.39. The maximum absolute atomic E-state index is 12.2. The number of carbonyl (C=O) groups is 1. The molecule has 122 valence electrons. The Morgan fingerprint density at radius 3 is 2.58 bits per heavy atom. The highest BCUT2D eigenvalue weighted by atomic mass is 32.2. The maximum Gasteiger partial charge on any atom is 0.265 e. The van der Waals surface area contributed by atoms with E-state index in [-0.39, 0.29) is 5.75 Å². The van der Waals surface area contributed by atoms with Crippen molar-refractivity contribution < 1.29 is 13.2 Å². The normalized spacial score (nSPS) is 24.9. The predicted octanol–water partition coefficient (Wildman–Crippen LogP) is 1.35. The Labute approximate surface area is 139 Å². The summed E-state index contributed by atoms with van der Waals surface area (Å²) < 4.78 is 27.7. The molecule has 0 saturated carbocycles. The molecule has 1 aliphatic heterocycles. The Bertz CT molecular complexity index is 944. The van der Waals surface area contributed by atoms with E-state index < -0.39 is 15.9 Å². The van der Waals surface area contributed by atoms with E-state index in [2.05, 4.69) is 14.7 Å². The molecule has 0 saturated heterocycles. The van der Waals surface area contributed by atoms with Crippen LogP contribution in [0.25, 0.3) is 11.8 Å². The second-order valence-electron chi connectivity index (χ2n) is 4.95. The van der Waals surface area contributed by atoms with Gasteiger partial charge in [0.2, 0.25) is 10.0 Å². The van der Waals surface area contributed by atoms with Crippen molar-refractivity contribution >= 4 is 40.1 Å². The number of fused-ring (bicyclic) bond motifs is 3. The predicted molar refractivity (Wildman–Crippen MR) is 93.9 cm³/mol. The third-order valence-electron chi connectivity index (χ3n) is 3.31. The van der Waals surface area contributed by atoms with Crippen LogP contribution in [-0.4, -0.2) is 37.1 Å². The van der Waals surface area contributed by atoms with Gasteiger partial charge in [-0.25, -0.2) is 13.1 Å². The van der Waals surface area contributed by atoms with Gasteiger partial charge in [0.05, 0.1) is 11.4 Å². The summed E-state index contributed by atoms with van der Waals surface area (Å²) in [4.78, 5) is 20.1. The van der Waals surface area contributed by atoms with E-state index in [1.165, 1.54) is 24.7 Å². The van der Waals surface area contributed by atoms with Crippen LogP contribution in [0.1, 0.15) is 5.69 Å². The highest BCUT2D eigenvalue weighted by molar-refractivity contribution is 7.90. The fourth-order valence-corrected chi connectivity index (χ4v) is 2.99. The molecule has 2 aliphatic rings. The molecule has 1 amide bonds. The van der Waals surface area contributed by atoms with E-state index in [9.17, 15) is 13.2 Å². The molecule has 0 bridgehead atoms. The van der Waals surface area contributed by atoms with E-state index in [0.717, 1.165) is 5.69 Å². The van der Waals surface area contributed by atoms with Crippen molar-refractivity contribution in [2.75, 3.05) is 5.75 Å². The summed E-state index contributed by atoms with van der Waals surface area (Å²) in [5.41, 5.74) is 1.77. The number of aliphatic imine (C=N–C) groups is 2. The minimum atomic E-state index is -3.77. The van der Waals surface area contributed by atoms with Gasteiger partial charge in [0, 0.05) is 48.4 Å². The molecule has 1 aromatic rings. The molecule has 0 atom stereocenters. The fourth-order valence-electron chi connectivity index (χ4n) is 2.18. The number of sulfonamides is 1. The van der Waals surface area contributed by atoms with E-state index in [4.69, 9.17) is 0 Å². The van der Waals surface area contributed by atoms with E-state index in [1.54, 1.807) is 29.1 Å². The first-order chi connectivity index (χ1) is 11.6. The lowest BCUT2D eigenvalue weighted by Crippen LogP contribution is -2.34. The topological polar surface area (TPSA) is 92.9 Å². The first kappa shape index (κ1) is 15.9. The number of rotatable bonds is 0. The molecular formula is C16H14N4O3S. The number of allylic oxidation sites excluding steroid dienone is 2. The lowest BCUT2D eigenvalue weighted by Gasteiger charge is -2.18. The summed E-state index contributed by atoms with van der Waals surface area (Å²) in [6, 6.07) is 3.66. The largest absolute Gasteiger partial charge is 0.322 e. The lowest BCUT2D eigenvalue weighted by molar-refractivity contribution is -0.115. The van der Waals surface area contributed by atoms with Crippen LogP contribution < -0.4 is 4.72 Å². The minimum absolute atomic E-state index is 0.324. The number of nitrogens with one attached hydrogen (secondary N) is 1. The number of aromatic nitrogens is 1. The van der Waals surface area contributed by atoms with Gasteiger partial charge in [-0.05, 0) is 24.3 Å². The van der Waals surface area contributed by atoms with Crippen molar-refractivity contribution in [3.63, 3.8) is 0 Å². The number of amides is 1. The minimum Gasteiger partial charge on any atom is -0.322 e. The Hall–Kier alpha value is -3.00. The molecule has 24 heavy (non-hydrogen) atoms. The van der Waals surface area contributed by atoms with Crippen molar-refractivity contribution in [3.8, 4) is 0 Å². The number of hydrogen-bond acceptors (Lipinski definition) is 5. The molecule has 1 N–H and O–H groups in total. The van der Waals surface area contributed by atoms with Gasteiger partial charge in [0.25, 0.3) is 5.91 Å². The molecule has 2 heterocycles. The van der Waals surface area contributed by atoms with Gasteiger partial charge in [-0.2, -0.15) is 0 Å². The second-order valence-corrected chi connectivity index (χ2v) is 6.72. The Morgan fingerprint density at radius 2 is 1.83 bits per heavy atom. The fraction of sp³-hybridized carbons (Fsp3) is 0.0625. The van der Waals surface area contributed by atoms with Gasteiger partial charge in [-0.3, -0.25) is 14.8 Å². The summed E-state index contributed by atoms with van der Waals surface area (Å²) >= 11 is 0. The molecule has 8 heteroatoms. The van der Waals surface area contributed by atoms with Crippen molar-refractivity contribution in [2.45, 2.75) is 0 Å². The van der Waals surface area contributed by atoms with Crippen LogP contribution >= 0.6 is 0 Å². The first-order valence-electron chi connectivity index (χ1n) is 7.08. The zero-order valence-corrected chi connectivity index (χ0v) is 13.3. The maximum atomic E-state index is 12.2. The van der Waals surface area contributed by atoms with Gasteiger partial charge in [0.1, 0.15) is 0 Å². The summed E-state index contributed by atoms with van der Waals surface area (Å²) in [7, 11) is -3.77. The van der Waals surface area contributed by atoms with Crippen LogP contribution in [0.3, 0.4) is 0 Å². The molecular weight excluding hydrogens is 328 g/mol. The summed E-state index contributed by atoms with van der Waals surface area (Å²) in [6.45, 7) is 0. The average Bonchev–Trinajstić information content (AvgIpc) is 2.90. The van der Waals surface area contributed by atoms with Crippen molar-refractivity contribution in [3.05, 3.63) is 60.2 Å². The van der Waals surface area contributed by atoms with Gasteiger partial charge < -0.3 is 4.57 Å². The molecule has 3 rings (SSSR count). The molecule has 7 nitrogen and oxygen atoms in total. The monoisotopic (exact) mass is 342 g/mol. The Morgan fingerprint density at radius 1 is 1.08 bits per heavy atom. The van der Waals surface area contributed by atoms with Gasteiger partial charge in [-0.15, -0.1) is 0 Å². The van der Waals surface area contributed by atoms with Crippen LogP contribution in [0, 0.1) is 0 Å². The standard InChI is InChI=1S/C16H14N4O3S/c21-16-14-5-4-13(14)15-3-1-10-20(15)11-9-18-8-7-17-6-2-12-24(22,23)19-16/h1-11H,12H2,(H,19,21)/b6-2-,11-9-,17-7+,18-8-. The molecule has 0 spiro atoms. The molecule has 1 aromatic heterocycles. The second kappa shape index (κ2) is 6.63. The zero-order chi connectivity index (χ0) is 17.0. The number of nitrogens with zero attached hydrogens (tertiary/aromatic N) is 3. The highest BCUT2D eigenvalue weighted by Gasteiger charge is 2.25. The van der Waals surface area contributed by atoms with Crippen LogP contribution in [0.4, 0.5) is 0 Å². The van der Waals surface area contributed by atoms with Crippen LogP contribution in [0.15, 0.2) is 64.5 Å². The average molecular weight is 342 g/mol. The smallest absolute Gasteiger partial charge is 0.265 e. The highest BCUT2D eigenvalue weighted by Crippen LogP contribution is 2.31. The van der Waals surface area contributed by atoms with Crippen molar-refractivity contribution in [1.82, 2.24) is 9.29 Å². The molecule has 0 unspecified atom stereocenters. The van der Waals surface area contributed by atoms with Crippen LogP contribution in [0.2, 0.25) is 0 Å². The van der Waals surface area contributed by atoms with Gasteiger partial charge in [-0.1, -0.05) is 6.08 Å². The summed E-state index contributed by atoms with van der Waals surface area (Å²) in [6.07, 6.45) is 14.1. The number of carbonyl (C=O) groups excluding carboxylic acids is 1. The van der Waals surface area contributed by atoms with Crippen LogP contribution in [0.5, 0.6) is 0 Å². The number of hydrogen-bond donors (Lipinski definition) is 1. The molecule has 0 fully saturated rings. The van der Waals surface area contributed by atoms with E-state index in [0.29, 0.717) is 11.1 Å².